The minimum atomic E-state index is 0.772. The van der Waals surface area contributed by atoms with Crippen LogP contribution in [0.3, 0.4) is 0 Å². The smallest absolute Gasteiger partial charge is 0.211 e. The number of nitrogens with zero attached hydrogens (tertiary/aromatic N) is 1. The fraction of sp³-hybridized carbons (Fsp3) is 0.308. The van der Waals surface area contributed by atoms with Crippen molar-refractivity contribution in [3.05, 3.63) is 47.2 Å². The summed E-state index contributed by atoms with van der Waals surface area (Å²) in [6.45, 7) is 4.00. The predicted molar refractivity (Wildman–Crippen MR) is 61.3 cm³/mol. The number of rotatable bonds is 4. The van der Waals surface area contributed by atoms with Crippen LogP contribution in [0.2, 0.25) is 0 Å². The van der Waals surface area contributed by atoms with Crippen molar-refractivity contribution in [1.29, 1.82) is 0 Å². The Bertz CT molecular complexity index is 386. The Hall–Kier alpha value is -1.66. The standard InChI is InChI=1S/C13H15NO/c1-3-13(14-10-15)11(2)9-12-7-5-4-6-8-12/h4-8H,3,9H2,1-2H3. The molecule has 1 aromatic rings. The molecule has 0 aliphatic carbocycles. The molecule has 0 aliphatic heterocycles. The SMILES string of the molecule is CCC(N=C=O)=C(C)Cc1ccccc1. The molecule has 1 rings (SSSR count). The molecule has 0 saturated carbocycles. The quantitative estimate of drug-likeness (QED) is 0.543. The summed E-state index contributed by atoms with van der Waals surface area (Å²) in [5, 5.41) is 0. The fourth-order valence-electron chi connectivity index (χ4n) is 1.54. The van der Waals surface area contributed by atoms with Crippen molar-refractivity contribution < 1.29 is 4.79 Å². The molecule has 0 N–H and O–H groups in total. The molecule has 0 heterocycles. The molecule has 0 saturated heterocycles. The van der Waals surface area contributed by atoms with Crippen LogP contribution < -0.4 is 0 Å². The molecule has 78 valence electrons. The van der Waals surface area contributed by atoms with Gasteiger partial charge in [-0.15, -0.1) is 0 Å². The highest BCUT2D eigenvalue weighted by Gasteiger charge is 2.00. The lowest BCUT2D eigenvalue weighted by Gasteiger charge is -2.04. The maximum absolute atomic E-state index is 10.2. The summed E-state index contributed by atoms with van der Waals surface area (Å²) >= 11 is 0. The second-order valence-electron chi connectivity index (χ2n) is 3.45. The Morgan fingerprint density at radius 1 is 1.33 bits per heavy atom. The van der Waals surface area contributed by atoms with Crippen molar-refractivity contribution in [2.75, 3.05) is 0 Å². The number of benzene rings is 1. The molecule has 1 aromatic carbocycles. The number of isocyanates is 1. The number of hydrogen-bond donors (Lipinski definition) is 0. The number of allylic oxidation sites excluding steroid dienone is 2. The Morgan fingerprint density at radius 2 is 2.00 bits per heavy atom. The van der Waals surface area contributed by atoms with Crippen LogP contribution in [-0.4, -0.2) is 6.08 Å². The van der Waals surface area contributed by atoms with Crippen LogP contribution in [0, 0.1) is 0 Å². The average Bonchev–Trinajstić information content (AvgIpc) is 2.27. The van der Waals surface area contributed by atoms with Crippen molar-refractivity contribution in [3.8, 4) is 0 Å². The van der Waals surface area contributed by atoms with Gasteiger partial charge >= 0.3 is 0 Å². The van der Waals surface area contributed by atoms with Gasteiger partial charge < -0.3 is 0 Å². The van der Waals surface area contributed by atoms with Crippen molar-refractivity contribution in [2.24, 2.45) is 4.99 Å². The number of carbonyl (C=O) groups excluding carboxylic acids is 1. The second kappa shape index (κ2) is 5.94. The van der Waals surface area contributed by atoms with Crippen molar-refractivity contribution >= 4 is 6.08 Å². The molecule has 0 radical (unpaired) electrons. The molecule has 0 fully saturated rings. The predicted octanol–water partition coefficient (Wildman–Crippen LogP) is 3.25. The highest BCUT2D eigenvalue weighted by Crippen LogP contribution is 2.14. The van der Waals surface area contributed by atoms with Gasteiger partial charge in [0.25, 0.3) is 0 Å². The van der Waals surface area contributed by atoms with Gasteiger partial charge in [0.1, 0.15) is 0 Å². The average molecular weight is 201 g/mol. The molecule has 0 unspecified atom stereocenters. The fourth-order valence-corrected chi connectivity index (χ4v) is 1.54. The monoisotopic (exact) mass is 201 g/mol. The van der Waals surface area contributed by atoms with Gasteiger partial charge in [-0.2, -0.15) is 4.99 Å². The summed E-state index contributed by atoms with van der Waals surface area (Å²) < 4.78 is 0. The van der Waals surface area contributed by atoms with E-state index in [9.17, 15) is 4.79 Å². The summed E-state index contributed by atoms with van der Waals surface area (Å²) in [7, 11) is 0. The Balaban J connectivity index is 2.85. The van der Waals surface area contributed by atoms with Crippen LogP contribution in [0.25, 0.3) is 0 Å². The van der Waals surface area contributed by atoms with Crippen molar-refractivity contribution in [2.45, 2.75) is 26.7 Å². The first-order valence-electron chi connectivity index (χ1n) is 5.08. The van der Waals surface area contributed by atoms with Gasteiger partial charge in [-0.05, 0) is 30.9 Å². The van der Waals surface area contributed by atoms with Crippen LogP contribution in [0.4, 0.5) is 0 Å². The van der Waals surface area contributed by atoms with Gasteiger partial charge in [0, 0.05) is 0 Å². The summed E-state index contributed by atoms with van der Waals surface area (Å²) in [4.78, 5) is 13.9. The number of aliphatic imine (C=N–C) groups is 1. The molecule has 0 aliphatic rings. The summed E-state index contributed by atoms with van der Waals surface area (Å²) in [5.41, 5.74) is 3.21. The molecule has 0 spiro atoms. The van der Waals surface area contributed by atoms with E-state index in [1.54, 1.807) is 6.08 Å². The lowest BCUT2D eigenvalue weighted by Crippen LogP contribution is -1.90. The van der Waals surface area contributed by atoms with E-state index in [4.69, 9.17) is 0 Å². The van der Waals surface area contributed by atoms with Crippen LogP contribution in [0.15, 0.2) is 46.6 Å². The minimum Gasteiger partial charge on any atom is -0.211 e. The third-order valence-electron chi connectivity index (χ3n) is 2.32. The van der Waals surface area contributed by atoms with E-state index in [1.165, 1.54) is 5.56 Å². The third kappa shape index (κ3) is 3.53. The molecule has 0 bridgehead atoms. The van der Waals surface area contributed by atoms with E-state index in [0.717, 1.165) is 24.1 Å². The van der Waals surface area contributed by atoms with Gasteiger partial charge in [0.2, 0.25) is 6.08 Å². The molecule has 0 amide bonds. The molecule has 0 aromatic heterocycles. The summed E-state index contributed by atoms with van der Waals surface area (Å²) in [6, 6.07) is 10.2. The number of hydrogen-bond acceptors (Lipinski definition) is 2. The van der Waals surface area contributed by atoms with E-state index in [1.807, 2.05) is 32.0 Å². The second-order valence-corrected chi connectivity index (χ2v) is 3.45. The highest BCUT2D eigenvalue weighted by molar-refractivity contribution is 5.38. The third-order valence-corrected chi connectivity index (χ3v) is 2.32. The largest absolute Gasteiger partial charge is 0.240 e. The maximum atomic E-state index is 10.2. The summed E-state index contributed by atoms with van der Waals surface area (Å²) in [6.07, 6.45) is 3.22. The molecule has 0 atom stereocenters. The lowest BCUT2D eigenvalue weighted by molar-refractivity contribution is 0.564. The lowest BCUT2D eigenvalue weighted by atomic mass is 10.0. The first kappa shape index (κ1) is 11.4. The zero-order chi connectivity index (χ0) is 11.1. The van der Waals surface area contributed by atoms with Crippen LogP contribution in [0.5, 0.6) is 0 Å². The molecule has 2 heteroatoms. The molecule has 15 heavy (non-hydrogen) atoms. The molecular weight excluding hydrogens is 186 g/mol. The van der Waals surface area contributed by atoms with Gasteiger partial charge in [-0.25, -0.2) is 4.79 Å². The van der Waals surface area contributed by atoms with Crippen LogP contribution in [-0.2, 0) is 11.2 Å². The van der Waals surface area contributed by atoms with Gasteiger partial charge in [-0.3, -0.25) is 0 Å². The Kier molecular flexibility index (Phi) is 4.52. The van der Waals surface area contributed by atoms with Crippen LogP contribution >= 0.6 is 0 Å². The minimum absolute atomic E-state index is 0.772. The normalized spacial score (nSPS) is 11.6. The molecular formula is C13H15NO. The first-order valence-corrected chi connectivity index (χ1v) is 5.08. The highest BCUT2D eigenvalue weighted by atomic mass is 16.1. The topological polar surface area (TPSA) is 29.4 Å². The zero-order valence-electron chi connectivity index (χ0n) is 9.16. The van der Waals surface area contributed by atoms with Crippen molar-refractivity contribution in [1.82, 2.24) is 0 Å². The van der Waals surface area contributed by atoms with E-state index < -0.39 is 0 Å². The maximum Gasteiger partial charge on any atom is 0.240 e. The van der Waals surface area contributed by atoms with E-state index in [0.29, 0.717) is 0 Å². The van der Waals surface area contributed by atoms with Gasteiger partial charge in [0.05, 0.1) is 5.70 Å². The summed E-state index contributed by atoms with van der Waals surface area (Å²) in [5.74, 6) is 0. The van der Waals surface area contributed by atoms with E-state index in [2.05, 4.69) is 17.1 Å². The van der Waals surface area contributed by atoms with E-state index in [-0.39, 0.29) is 0 Å². The Labute approximate surface area is 90.4 Å². The first-order chi connectivity index (χ1) is 7.27. The van der Waals surface area contributed by atoms with Crippen molar-refractivity contribution in [3.63, 3.8) is 0 Å². The van der Waals surface area contributed by atoms with Crippen LogP contribution in [0.1, 0.15) is 25.8 Å². The molecule has 2 nitrogen and oxygen atoms in total. The van der Waals surface area contributed by atoms with Gasteiger partial charge in [0.15, 0.2) is 0 Å². The Morgan fingerprint density at radius 3 is 2.53 bits per heavy atom. The van der Waals surface area contributed by atoms with E-state index >= 15 is 0 Å². The van der Waals surface area contributed by atoms with Gasteiger partial charge in [-0.1, -0.05) is 37.3 Å². The zero-order valence-corrected chi connectivity index (χ0v) is 9.16.